The quantitative estimate of drug-likeness (QED) is 0.883. The van der Waals surface area contributed by atoms with Crippen LogP contribution in [0, 0.1) is 0 Å². The summed E-state index contributed by atoms with van der Waals surface area (Å²) in [6.07, 6.45) is 0. The molecular formula is C13H13Cl2NO. The van der Waals surface area contributed by atoms with Crippen molar-refractivity contribution in [2.75, 3.05) is 5.32 Å². The Hall–Kier alpha value is -1.51. The fourth-order valence-corrected chi connectivity index (χ4v) is 1.31. The monoisotopic (exact) mass is 269 g/mol. The van der Waals surface area contributed by atoms with E-state index in [1.807, 2.05) is 48.5 Å². The summed E-state index contributed by atoms with van der Waals surface area (Å²) in [5, 5.41) is 2.82. The molecule has 0 fully saturated rings. The maximum Gasteiger partial charge on any atom is 0.255 e. The van der Waals surface area contributed by atoms with Crippen LogP contribution in [0.1, 0.15) is 10.4 Å². The first kappa shape index (κ1) is 15.5. The van der Waals surface area contributed by atoms with Gasteiger partial charge in [0.05, 0.1) is 0 Å². The number of hydrogen-bond acceptors (Lipinski definition) is 1. The summed E-state index contributed by atoms with van der Waals surface area (Å²) in [4.78, 5) is 11.7. The fourth-order valence-electron chi connectivity index (χ4n) is 1.31. The third kappa shape index (κ3) is 4.47. The van der Waals surface area contributed by atoms with E-state index in [0.29, 0.717) is 5.56 Å². The SMILES string of the molecule is Cl.Cl.O=C(Nc1ccccc1)c1ccccc1. The molecule has 0 radical (unpaired) electrons. The summed E-state index contributed by atoms with van der Waals surface area (Å²) < 4.78 is 0. The molecule has 4 heteroatoms. The molecule has 0 aliphatic rings. The standard InChI is InChI=1S/C13H11NO.2ClH/c15-13(11-7-3-1-4-8-11)14-12-9-5-2-6-10-12;;/h1-10H,(H,14,15);2*1H. The summed E-state index contributed by atoms with van der Waals surface area (Å²) in [7, 11) is 0. The lowest BCUT2D eigenvalue weighted by molar-refractivity contribution is 0.102. The molecule has 0 spiro atoms. The second kappa shape index (κ2) is 7.71. The second-order valence-electron chi connectivity index (χ2n) is 3.19. The van der Waals surface area contributed by atoms with Gasteiger partial charge in [-0.2, -0.15) is 0 Å². The highest BCUT2D eigenvalue weighted by atomic mass is 35.5. The van der Waals surface area contributed by atoms with Crippen LogP contribution in [0.2, 0.25) is 0 Å². The molecule has 90 valence electrons. The molecule has 2 rings (SSSR count). The van der Waals surface area contributed by atoms with Gasteiger partial charge in [0.25, 0.3) is 5.91 Å². The van der Waals surface area contributed by atoms with E-state index in [4.69, 9.17) is 0 Å². The van der Waals surface area contributed by atoms with Crippen molar-refractivity contribution in [1.82, 2.24) is 0 Å². The topological polar surface area (TPSA) is 29.1 Å². The van der Waals surface area contributed by atoms with Crippen LogP contribution in [-0.2, 0) is 0 Å². The predicted octanol–water partition coefficient (Wildman–Crippen LogP) is 3.78. The Bertz CT molecular complexity index is 445. The van der Waals surface area contributed by atoms with Crippen LogP contribution in [0.25, 0.3) is 0 Å². The van der Waals surface area contributed by atoms with Gasteiger partial charge in [0.2, 0.25) is 0 Å². The summed E-state index contributed by atoms with van der Waals surface area (Å²) in [5.74, 6) is -0.0817. The molecule has 0 aromatic heterocycles. The molecule has 0 heterocycles. The summed E-state index contributed by atoms with van der Waals surface area (Å²) in [6.45, 7) is 0. The van der Waals surface area contributed by atoms with Crippen LogP contribution in [0.3, 0.4) is 0 Å². The highest BCUT2D eigenvalue weighted by Gasteiger charge is 2.03. The van der Waals surface area contributed by atoms with E-state index in [9.17, 15) is 4.79 Å². The first-order valence-electron chi connectivity index (χ1n) is 4.78. The predicted molar refractivity (Wildman–Crippen MR) is 75.3 cm³/mol. The third-order valence-corrected chi connectivity index (χ3v) is 2.07. The number of anilines is 1. The maximum absolute atomic E-state index is 11.7. The molecule has 0 saturated carbocycles. The molecule has 2 aromatic carbocycles. The Labute approximate surface area is 113 Å². The van der Waals surface area contributed by atoms with Gasteiger partial charge in [-0.05, 0) is 24.3 Å². The molecule has 1 N–H and O–H groups in total. The van der Waals surface area contributed by atoms with Crippen LogP contribution in [-0.4, -0.2) is 5.91 Å². The van der Waals surface area contributed by atoms with Gasteiger partial charge in [-0.1, -0.05) is 36.4 Å². The normalized spacial score (nSPS) is 8.47. The number of hydrogen-bond donors (Lipinski definition) is 1. The van der Waals surface area contributed by atoms with E-state index in [2.05, 4.69) is 5.32 Å². The summed E-state index contributed by atoms with van der Waals surface area (Å²) in [5.41, 5.74) is 1.48. The van der Waals surface area contributed by atoms with Crippen LogP contribution in [0.15, 0.2) is 60.7 Å². The van der Waals surface area contributed by atoms with E-state index >= 15 is 0 Å². The number of carbonyl (C=O) groups excluding carboxylic acids is 1. The van der Waals surface area contributed by atoms with Crippen molar-refractivity contribution in [3.05, 3.63) is 66.2 Å². The Kier molecular flexibility index (Phi) is 7.03. The van der Waals surface area contributed by atoms with Crippen molar-refractivity contribution < 1.29 is 4.79 Å². The minimum Gasteiger partial charge on any atom is -0.322 e. The molecule has 2 aromatic rings. The Morgan fingerprint density at radius 1 is 0.765 bits per heavy atom. The van der Waals surface area contributed by atoms with Crippen LogP contribution < -0.4 is 5.32 Å². The van der Waals surface area contributed by atoms with E-state index < -0.39 is 0 Å². The average molecular weight is 270 g/mol. The van der Waals surface area contributed by atoms with Crippen molar-refractivity contribution in [3.8, 4) is 0 Å². The smallest absolute Gasteiger partial charge is 0.255 e. The number of para-hydroxylation sites is 1. The van der Waals surface area contributed by atoms with E-state index in [1.165, 1.54) is 0 Å². The average Bonchev–Trinajstić information content (AvgIpc) is 2.31. The van der Waals surface area contributed by atoms with Crippen LogP contribution >= 0.6 is 24.8 Å². The number of rotatable bonds is 2. The van der Waals surface area contributed by atoms with E-state index in [-0.39, 0.29) is 30.7 Å². The fraction of sp³-hybridized carbons (Fsp3) is 0. The van der Waals surface area contributed by atoms with Crippen molar-refractivity contribution in [1.29, 1.82) is 0 Å². The zero-order valence-corrected chi connectivity index (χ0v) is 10.6. The Morgan fingerprint density at radius 2 is 1.24 bits per heavy atom. The van der Waals surface area contributed by atoms with Gasteiger partial charge in [-0.3, -0.25) is 4.79 Å². The molecule has 0 saturated heterocycles. The summed E-state index contributed by atoms with van der Waals surface area (Å²) in [6, 6.07) is 18.6. The molecule has 1 amide bonds. The number of benzene rings is 2. The zero-order chi connectivity index (χ0) is 10.5. The van der Waals surface area contributed by atoms with Gasteiger partial charge < -0.3 is 5.32 Å². The van der Waals surface area contributed by atoms with Gasteiger partial charge in [0.1, 0.15) is 0 Å². The molecule has 0 aliphatic heterocycles. The molecular weight excluding hydrogens is 257 g/mol. The first-order valence-corrected chi connectivity index (χ1v) is 4.78. The van der Waals surface area contributed by atoms with Gasteiger partial charge in [0.15, 0.2) is 0 Å². The summed E-state index contributed by atoms with van der Waals surface area (Å²) >= 11 is 0. The van der Waals surface area contributed by atoms with Gasteiger partial charge >= 0.3 is 0 Å². The Balaban J connectivity index is 0.00000128. The maximum atomic E-state index is 11.7. The highest BCUT2D eigenvalue weighted by Crippen LogP contribution is 2.07. The number of carbonyl (C=O) groups is 1. The van der Waals surface area contributed by atoms with Crippen LogP contribution in [0.4, 0.5) is 5.69 Å². The molecule has 0 atom stereocenters. The molecule has 0 bridgehead atoms. The molecule has 0 aliphatic carbocycles. The second-order valence-corrected chi connectivity index (χ2v) is 3.19. The third-order valence-electron chi connectivity index (χ3n) is 2.07. The highest BCUT2D eigenvalue weighted by molar-refractivity contribution is 6.04. The Morgan fingerprint density at radius 3 is 1.76 bits per heavy atom. The van der Waals surface area contributed by atoms with E-state index in [1.54, 1.807) is 12.1 Å². The molecule has 17 heavy (non-hydrogen) atoms. The largest absolute Gasteiger partial charge is 0.322 e. The van der Waals surface area contributed by atoms with Crippen molar-refractivity contribution >= 4 is 36.4 Å². The molecule has 2 nitrogen and oxygen atoms in total. The van der Waals surface area contributed by atoms with Crippen molar-refractivity contribution in [2.24, 2.45) is 0 Å². The minimum atomic E-state index is -0.0817. The molecule has 0 unspecified atom stereocenters. The lowest BCUT2D eigenvalue weighted by Gasteiger charge is -2.03. The number of amides is 1. The van der Waals surface area contributed by atoms with Gasteiger partial charge in [-0.15, -0.1) is 24.8 Å². The van der Waals surface area contributed by atoms with Gasteiger partial charge in [0, 0.05) is 11.3 Å². The lowest BCUT2D eigenvalue weighted by atomic mass is 10.2. The first-order chi connectivity index (χ1) is 7.36. The van der Waals surface area contributed by atoms with Crippen molar-refractivity contribution in [2.45, 2.75) is 0 Å². The van der Waals surface area contributed by atoms with Crippen LogP contribution in [0.5, 0.6) is 0 Å². The minimum absolute atomic E-state index is 0. The van der Waals surface area contributed by atoms with Crippen molar-refractivity contribution in [3.63, 3.8) is 0 Å². The zero-order valence-electron chi connectivity index (χ0n) is 9.00. The lowest BCUT2D eigenvalue weighted by Crippen LogP contribution is -2.11. The number of nitrogens with one attached hydrogen (secondary N) is 1. The number of halogens is 2. The van der Waals surface area contributed by atoms with Gasteiger partial charge in [-0.25, -0.2) is 0 Å². The van der Waals surface area contributed by atoms with E-state index in [0.717, 1.165) is 5.69 Å².